The van der Waals surface area contributed by atoms with Gasteiger partial charge in [-0.15, -0.1) is 0 Å². The Balaban J connectivity index is 5.15. The van der Waals surface area contributed by atoms with Crippen LogP contribution in [0.4, 0.5) is 0 Å². The second kappa shape index (κ2) is 68.2. The van der Waals surface area contributed by atoms with E-state index in [0.29, 0.717) is 25.7 Å². The molecule has 0 saturated heterocycles. The molecule has 19 heteroatoms. The van der Waals surface area contributed by atoms with Gasteiger partial charge in [0.15, 0.2) is 12.2 Å². The van der Waals surface area contributed by atoms with Crippen molar-refractivity contribution in [1.82, 2.24) is 0 Å². The van der Waals surface area contributed by atoms with Crippen LogP contribution in [0.15, 0.2) is 0 Å². The molecule has 0 aromatic rings. The number of hydrogen-bond donors (Lipinski definition) is 3. The zero-order chi connectivity index (χ0) is 69.1. The van der Waals surface area contributed by atoms with Gasteiger partial charge in [-0.05, 0) is 31.6 Å². The van der Waals surface area contributed by atoms with Gasteiger partial charge in [0.2, 0.25) is 0 Å². The summed E-state index contributed by atoms with van der Waals surface area (Å²) in [5, 5.41) is 10.6. The Bertz CT molecular complexity index is 1810. The minimum Gasteiger partial charge on any atom is -0.462 e. The van der Waals surface area contributed by atoms with Gasteiger partial charge in [-0.25, -0.2) is 9.13 Å². The molecule has 0 spiro atoms. The Morgan fingerprint density at radius 2 is 0.489 bits per heavy atom. The van der Waals surface area contributed by atoms with Crippen molar-refractivity contribution in [3.05, 3.63) is 0 Å². The maximum atomic E-state index is 13.1. The molecule has 0 aliphatic heterocycles. The van der Waals surface area contributed by atoms with Gasteiger partial charge in [0.25, 0.3) is 0 Å². The molecule has 0 radical (unpaired) electrons. The molecule has 0 saturated carbocycles. The fourth-order valence-electron chi connectivity index (χ4n) is 11.5. The second-order valence-corrected chi connectivity index (χ2v) is 30.4. The quantitative estimate of drug-likeness (QED) is 0.0222. The van der Waals surface area contributed by atoms with Gasteiger partial charge in [0, 0.05) is 25.7 Å². The molecule has 558 valence electrons. The van der Waals surface area contributed by atoms with E-state index in [1.165, 1.54) is 218 Å². The summed E-state index contributed by atoms with van der Waals surface area (Å²) in [6.07, 6.45) is 57.0. The summed E-state index contributed by atoms with van der Waals surface area (Å²) in [6.45, 7) is 7.24. The predicted molar refractivity (Wildman–Crippen MR) is 382 cm³/mol. The fraction of sp³-hybridized carbons (Fsp3) is 0.947. The van der Waals surface area contributed by atoms with E-state index in [1.54, 1.807) is 0 Å². The van der Waals surface area contributed by atoms with Gasteiger partial charge < -0.3 is 33.8 Å². The summed E-state index contributed by atoms with van der Waals surface area (Å²) < 4.78 is 68.4. The molecule has 0 rings (SSSR count). The maximum absolute atomic E-state index is 13.1. The summed E-state index contributed by atoms with van der Waals surface area (Å²) in [6, 6.07) is 0. The molecule has 2 unspecified atom stereocenters. The summed E-state index contributed by atoms with van der Waals surface area (Å²) in [5.74, 6) is -1.37. The molecule has 94 heavy (non-hydrogen) atoms. The Kier molecular flexibility index (Phi) is 66.8. The Morgan fingerprint density at radius 3 is 0.723 bits per heavy atom. The highest BCUT2D eigenvalue weighted by atomic mass is 31.2. The first-order valence-corrected chi connectivity index (χ1v) is 42.1. The Labute approximate surface area is 575 Å². The van der Waals surface area contributed by atoms with Gasteiger partial charge in [0.1, 0.15) is 19.3 Å². The van der Waals surface area contributed by atoms with Crippen molar-refractivity contribution < 1.29 is 80.2 Å². The van der Waals surface area contributed by atoms with Gasteiger partial charge in [-0.3, -0.25) is 37.3 Å². The van der Waals surface area contributed by atoms with Crippen molar-refractivity contribution in [2.45, 2.75) is 412 Å². The van der Waals surface area contributed by atoms with Crippen LogP contribution in [0.1, 0.15) is 394 Å². The van der Waals surface area contributed by atoms with Crippen molar-refractivity contribution in [2.24, 2.45) is 5.92 Å². The third-order valence-corrected chi connectivity index (χ3v) is 19.4. The van der Waals surface area contributed by atoms with E-state index in [9.17, 15) is 43.2 Å². The number of aliphatic hydroxyl groups excluding tert-OH is 1. The van der Waals surface area contributed by atoms with Crippen molar-refractivity contribution in [3.63, 3.8) is 0 Å². The monoisotopic (exact) mass is 1380 g/mol. The zero-order valence-corrected chi connectivity index (χ0v) is 62.9. The number of ether oxygens (including phenoxy) is 4. The first kappa shape index (κ1) is 92.1. The van der Waals surface area contributed by atoms with Crippen LogP contribution in [-0.2, 0) is 65.4 Å². The molecule has 5 atom stereocenters. The van der Waals surface area contributed by atoms with Crippen molar-refractivity contribution in [3.8, 4) is 0 Å². The fourth-order valence-corrected chi connectivity index (χ4v) is 13.1. The van der Waals surface area contributed by atoms with E-state index in [1.807, 2.05) is 0 Å². The van der Waals surface area contributed by atoms with E-state index >= 15 is 0 Å². The maximum Gasteiger partial charge on any atom is 0.472 e. The second-order valence-electron chi connectivity index (χ2n) is 27.5. The first-order valence-electron chi connectivity index (χ1n) is 39.1. The van der Waals surface area contributed by atoms with E-state index in [4.69, 9.17) is 37.0 Å². The highest BCUT2D eigenvalue weighted by Crippen LogP contribution is 2.45. The lowest BCUT2D eigenvalue weighted by molar-refractivity contribution is -0.161. The van der Waals surface area contributed by atoms with Crippen LogP contribution >= 0.6 is 15.6 Å². The van der Waals surface area contributed by atoms with Crippen LogP contribution in [0.3, 0.4) is 0 Å². The predicted octanol–water partition coefficient (Wildman–Crippen LogP) is 22.1. The topological polar surface area (TPSA) is 237 Å². The molecular weight excluding hydrogens is 1230 g/mol. The molecule has 0 aliphatic carbocycles. The number of rotatable bonds is 75. The SMILES string of the molecule is CCCCCCCCCCCCCCCCCCCCCCCCC(=O)O[C@H](COC(=O)CCCCCCCCCCCC(C)C)COP(=O)(O)OC[C@@H](O)COP(=O)(O)OC[C@@H](COC(=O)CCCCCCCCCCCC)OC(=O)CCCCCCCCCCCC. The average Bonchev–Trinajstić information content (AvgIpc) is 2.17. The molecule has 17 nitrogen and oxygen atoms in total. The largest absolute Gasteiger partial charge is 0.472 e. The lowest BCUT2D eigenvalue weighted by Gasteiger charge is -2.21. The van der Waals surface area contributed by atoms with Crippen molar-refractivity contribution in [2.75, 3.05) is 39.6 Å². The number of esters is 4. The number of phosphoric acid groups is 2. The number of phosphoric ester groups is 2. The molecule has 0 bridgehead atoms. The summed E-state index contributed by atoms with van der Waals surface area (Å²) in [4.78, 5) is 72.6. The molecular formula is C75H146O17P2. The summed E-state index contributed by atoms with van der Waals surface area (Å²) in [7, 11) is -9.90. The number of carbonyl (C=O) groups excluding carboxylic acids is 4. The van der Waals surface area contributed by atoms with Crippen molar-refractivity contribution >= 4 is 39.5 Å². The minimum atomic E-state index is -4.95. The lowest BCUT2D eigenvalue weighted by atomic mass is 10.0. The third kappa shape index (κ3) is 68.6. The van der Waals surface area contributed by atoms with Crippen LogP contribution in [0.5, 0.6) is 0 Å². The van der Waals surface area contributed by atoms with E-state index in [0.717, 1.165) is 95.8 Å². The Hall–Kier alpha value is -1.94. The average molecular weight is 1380 g/mol. The smallest absolute Gasteiger partial charge is 0.462 e. The number of carbonyl (C=O) groups is 4. The summed E-state index contributed by atoms with van der Waals surface area (Å²) in [5.41, 5.74) is 0. The molecule has 0 aromatic carbocycles. The van der Waals surface area contributed by atoms with Crippen LogP contribution in [0.25, 0.3) is 0 Å². The first-order chi connectivity index (χ1) is 45.5. The van der Waals surface area contributed by atoms with Crippen molar-refractivity contribution in [1.29, 1.82) is 0 Å². The van der Waals surface area contributed by atoms with E-state index < -0.39 is 97.5 Å². The highest BCUT2D eigenvalue weighted by molar-refractivity contribution is 7.47. The van der Waals surface area contributed by atoms with E-state index in [2.05, 4.69) is 34.6 Å². The highest BCUT2D eigenvalue weighted by Gasteiger charge is 2.30. The number of hydrogen-bond acceptors (Lipinski definition) is 15. The molecule has 0 aromatic heterocycles. The van der Waals surface area contributed by atoms with Gasteiger partial charge in [0.05, 0.1) is 26.4 Å². The molecule has 0 amide bonds. The summed E-state index contributed by atoms with van der Waals surface area (Å²) >= 11 is 0. The van der Waals surface area contributed by atoms with Crippen LogP contribution < -0.4 is 0 Å². The zero-order valence-electron chi connectivity index (χ0n) is 61.1. The molecule has 3 N–H and O–H groups in total. The number of aliphatic hydroxyl groups is 1. The number of unbranched alkanes of at least 4 members (excludes halogenated alkanes) is 47. The Morgan fingerprint density at radius 1 is 0.287 bits per heavy atom. The van der Waals surface area contributed by atoms with Crippen LogP contribution in [-0.4, -0.2) is 96.7 Å². The van der Waals surface area contributed by atoms with E-state index in [-0.39, 0.29) is 25.7 Å². The third-order valence-electron chi connectivity index (χ3n) is 17.5. The normalized spacial score (nSPS) is 14.0. The molecule has 0 heterocycles. The molecule has 0 aliphatic rings. The van der Waals surface area contributed by atoms with Gasteiger partial charge in [-0.2, -0.15) is 0 Å². The van der Waals surface area contributed by atoms with Crippen LogP contribution in [0.2, 0.25) is 0 Å². The standard InChI is InChI=1S/C75H146O17P2/c1-6-9-12-15-18-21-24-25-26-27-28-29-30-31-32-33-34-35-40-46-51-56-61-75(80)92-71(65-86-73(78)59-54-49-44-41-36-37-42-47-52-57-68(4)5)67-90-94(83,84)88-63-69(76)62-87-93(81,82)89-66-70(91-74(79)60-55-50-45-39-23-20-17-14-11-8-3)64-85-72(77)58-53-48-43-38-22-19-16-13-10-7-2/h68-71,76H,6-67H2,1-5H3,(H,81,82)(H,83,84)/t69-,70+,71+/m0/s1. The van der Waals surface area contributed by atoms with Gasteiger partial charge >= 0.3 is 39.5 Å². The minimum absolute atomic E-state index is 0.107. The lowest BCUT2D eigenvalue weighted by Crippen LogP contribution is -2.30. The van der Waals surface area contributed by atoms with Gasteiger partial charge in [-0.1, -0.05) is 343 Å². The van der Waals surface area contributed by atoms with Crippen LogP contribution in [0, 0.1) is 5.92 Å². The molecule has 0 fully saturated rings.